The molecule has 0 spiro atoms. The van der Waals surface area contributed by atoms with Crippen LogP contribution in [0.2, 0.25) is 0 Å². The second-order valence-corrected chi connectivity index (χ2v) is 4.58. The summed E-state index contributed by atoms with van der Waals surface area (Å²) in [6.45, 7) is 1.37. The minimum atomic E-state index is 0.191. The van der Waals surface area contributed by atoms with Crippen molar-refractivity contribution < 1.29 is 9.53 Å². The van der Waals surface area contributed by atoms with Gasteiger partial charge in [-0.1, -0.05) is 0 Å². The number of carbonyl (C=O) groups is 1. The molecule has 1 heterocycles. The average molecular weight is 212 g/mol. The highest BCUT2D eigenvalue weighted by molar-refractivity contribution is 5.81. The summed E-state index contributed by atoms with van der Waals surface area (Å²) >= 11 is 0. The molecular weight excluding hydrogens is 192 g/mol. The van der Waals surface area contributed by atoms with E-state index in [-0.39, 0.29) is 12.1 Å². The van der Waals surface area contributed by atoms with E-state index in [1.54, 1.807) is 7.11 Å². The van der Waals surface area contributed by atoms with Gasteiger partial charge in [0.25, 0.3) is 0 Å². The predicted octanol–water partition coefficient (Wildman–Crippen LogP) is 0.361. The lowest BCUT2D eigenvalue weighted by atomic mass is 9.98. The molecule has 15 heavy (non-hydrogen) atoms. The minimum Gasteiger partial charge on any atom is -0.381 e. The van der Waals surface area contributed by atoms with E-state index in [1.165, 1.54) is 0 Å². The minimum absolute atomic E-state index is 0.191. The first-order valence-corrected chi connectivity index (χ1v) is 5.79. The van der Waals surface area contributed by atoms with Gasteiger partial charge in [-0.15, -0.1) is 0 Å². The number of rotatable bonds is 3. The van der Waals surface area contributed by atoms with E-state index in [1.807, 2.05) is 4.90 Å². The smallest absolute Gasteiger partial charge is 0.225 e. The second kappa shape index (κ2) is 4.49. The van der Waals surface area contributed by atoms with Gasteiger partial charge in [0, 0.05) is 32.2 Å². The number of carbonyl (C=O) groups excluding carboxylic acids is 1. The summed E-state index contributed by atoms with van der Waals surface area (Å²) in [5.41, 5.74) is 5.72. The number of nitrogens with zero attached hydrogens (tertiary/aromatic N) is 1. The fraction of sp³-hybridized carbons (Fsp3) is 0.909. The zero-order valence-corrected chi connectivity index (χ0v) is 9.32. The summed E-state index contributed by atoms with van der Waals surface area (Å²) in [5.74, 6) is 0.623. The molecule has 0 aromatic heterocycles. The molecule has 0 radical (unpaired) electrons. The number of hydrogen-bond donors (Lipinski definition) is 1. The molecule has 1 saturated carbocycles. The molecule has 0 bridgehead atoms. The maximum atomic E-state index is 12.0. The predicted molar refractivity (Wildman–Crippen MR) is 57.3 cm³/mol. The van der Waals surface area contributed by atoms with E-state index < -0.39 is 0 Å². The molecule has 0 aromatic rings. The van der Waals surface area contributed by atoms with Gasteiger partial charge in [-0.2, -0.15) is 0 Å². The topological polar surface area (TPSA) is 55.6 Å². The lowest BCUT2D eigenvalue weighted by molar-refractivity contribution is -0.138. The molecule has 2 atom stereocenters. The molecule has 1 aliphatic heterocycles. The van der Waals surface area contributed by atoms with Gasteiger partial charge in [0.1, 0.15) is 0 Å². The van der Waals surface area contributed by atoms with Gasteiger partial charge >= 0.3 is 0 Å². The van der Waals surface area contributed by atoms with E-state index in [4.69, 9.17) is 10.5 Å². The van der Waals surface area contributed by atoms with Crippen molar-refractivity contribution in [2.24, 2.45) is 11.7 Å². The zero-order valence-electron chi connectivity index (χ0n) is 9.32. The van der Waals surface area contributed by atoms with Gasteiger partial charge in [-0.25, -0.2) is 0 Å². The van der Waals surface area contributed by atoms with Crippen LogP contribution in [0.4, 0.5) is 0 Å². The summed E-state index contributed by atoms with van der Waals surface area (Å²) in [7, 11) is 1.73. The van der Waals surface area contributed by atoms with Crippen LogP contribution in [0.25, 0.3) is 0 Å². The summed E-state index contributed by atoms with van der Waals surface area (Å²) in [6.07, 6.45) is 4.26. The molecule has 2 rings (SSSR count). The maximum absolute atomic E-state index is 12.0. The Bertz CT molecular complexity index is 241. The average Bonchev–Trinajstić information content (AvgIpc) is 3.11. The van der Waals surface area contributed by atoms with Crippen molar-refractivity contribution in [2.45, 2.75) is 37.8 Å². The molecule has 1 aliphatic carbocycles. The van der Waals surface area contributed by atoms with E-state index >= 15 is 0 Å². The molecule has 2 unspecified atom stereocenters. The Labute approximate surface area is 90.8 Å². The number of nitrogens with two attached hydrogens (primary N) is 1. The van der Waals surface area contributed by atoms with Crippen LogP contribution in [-0.4, -0.2) is 43.2 Å². The Morgan fingerprint density at radius 3 is 2.73 bits per heavy atom. The van der Waals surface area contributed by atoms with Crippen LogP contribution in [0.5, 0.6) is 0 Å². The van der Waals surface area contributed by atoms with Crippen LogP contribution in [0.3, 0.4) is 0 Å². The van der Waals surface area contributed by atoms with Gasteiger partial charge < -0.3 is 15.4 Å². The number of hydrogen-bond acceptors (Lipinski definition) is 3. The van der Waals surface area contributed by atoms with E-state index in [0.29, 0.717) is 18.4 Å². The normalized spacial score (nSPS) is 31.7. The number of piperidine rings is 1. The van der Waals surface area contributed by atoms with Crippen LogP contribution in [0, 0.1) is 5.92 Å². The lowest BCUT2D eigenvalue weighted by Crippen LogP contribution is -2.51. The third kappa shape index (κ3) is 2.32. The third-order valence-electron chi connectivity index (χ3n) is 3.48. The van der Waals surface area contributed by atoms with Crippen LogP contribution < -0.4 is 5.73 Å². The first kappa shape index (κ1) is 10.9. The maximum Gasteiger partial charge on any atom is 0.225 e. The van der Waals surface area contributed by atoms with E-state index in [2.05, 4.69) is 0 Å². The van der Waals surface area contributed by atoms with Gasteiger partial charge in [-0.05, 0) is 25.7 Å². The molecule has 1 amide bonds. The first-order chi connectivity index (χ1) is 7.26. The van der Waals surface area contributed by atoms with Crippen LogP contribution in [0.15, 0.2) is 0 Å². The zero-order chi connectivity index (χ0) is 10.8. The van der Waals surface area contributed by atoms with Crippen molar-refractivity contribution in [3.63, 3.8) is 0 Å². The Hall–Kier alpha value is -0.610. The van der Waals surface area contributed by atoms with Crippen molar-refractivity contribution in [3.05, 3.63) is 0 Å². The fourth-order valence-corrected chi connectivity index (χ4v) is 2.31. The molecule has 4 heteroatoms. The molecule has 86 valence electrons. The molecule has 1 saturated heterocycles. The van der Waals surface area contributed by atoms with Crippen LogP contribution >= 0.6 is 0 Å². The number of ether oxygens (including phenoxy) is 1. The van der Waals surface area contributed by atoms with Crippen molar-refractivity contribution in [1.82, 2.24) is 4.90 Å². The van der Waals surface area contributed by atoms with Crippen molar-refractivity contribution in [3.8, 4) is 0 Å². The first-order valence-electron chi connectivity index (χ1n) is 5.79. The van der Waals surface area contributed by atoms with Crippen LogP contribution in [-0.2, 0) is 9.53 Å². The number of likely N-dealkylation sites (tertiary alicyclic amines) is 1. The molecule has 4 nitrogen and oxygen atoms in total. The Morgan fingerprint density at radius 2 is 2.20 bits per heavy atom. The monoisotopic (exact) mass is 212 g/mol. The van der Waals surface area contributed by atoms with E-state index in [9.17, 15) is 4.79 Å². The summed E-state index contributed by atoms with van der Waals surface area (Å²) < 4.78 is 5.33. The van der Waals surface area contributed by atoms with Gasteiger partial charge in [0.2, 0.25) is 5.91 Å². The Kier molecular flexibility index (Phi) is 3.26. The summed E-state index contributed by atoms with van der Waals surface area (Å²) in [4.78, 5) is 13.9. The molecule has 2 fully saturated rings. The molecule has 2 aliphatic rings. The third-order valence-corrected chi connectivity index (χ3v) is 3.48. The van der Waals surface area contributed by atoms with Crippen LogP contribution in [0.1, 0.15) is 25.7 Å². The molecule has 2 N–H and O–H groups in total. The SMILES string of the molecule is COC1CCN(C(=O)C2CC2)C(CN)C1. The fourth-order valence-electron chi connectivity index (χ4n) is 2.31. The highest BCUT2D eigenvalue weighted by Gasteiger charge is 2.38. The highest BCUT2D eigenvalue weighted by atomic mass is 16.5. The number of methoxy groups -OCH3 is 1. The Balaban J connectivity index is 1.95. The summed E-state index contributed by atoms with van der Waals surface area (Å²) in [6, 6.07) is 0.191. The Morgan fingerprint density at radius 1 is 1.47 bits per heavy atom. The van der Waals surface area contributed by atoms with Crippen molar-refractivity contribution in [2.75, 3.05) is 20.2 Å². The van der Waals surface area contributed by atoms with Crippen molar-refractivity contribution in [1.29, 1.82) is 0 Å². The molecule has 0 aromatic carbocycles. The summed E-state index contributed by atoms with van der Waals surface area (Å²) in [5, 5.41) is 0. The second-order valence-electron chi connectivity index (χ2n) is 4.58. The van der Waals surface area contributed by atoms with Crippen molar-refractivity contribution >= 4 is 5.91 Å². The number of amides is 1. The van der Waals surface area contributed by atoms with Gasteiger partial charge in [-0.3, -0.25) is 4.79 Å². The highest BCUT2D eigenvalue weighted by Crippen LogP contribution is 2.33. The van der Waals surface area contributed by atoms with E-state index in [0.717, 1.165) is 32.2 Å². The molecular formula is C11H20N2O2. The van der Waals surface area contributed by atoms with Gasteiger partial charge in [0.15, 0.2) is 0 Å². The largest absolute Gasteiger partial charge is 0.381 e. The quantitative estimate of drug-likeness (QED) is 0.735. The standard InChI is InChI=1S/C11H20N2O2/c1-15-10-4-5-13(9(6-10)7-12)11(14)8-2-3-8/h8-10H,2-7,12H2,1H3. The lowest BCUT2D eigenvalue weighted by Gasteiger charge is -2.38. The van der Waals surface area contributed by atoms with Gasteiger partial charge in [0.05, 0.1) is 6.10 Å².